The summed E-state index contributed by atoms with van der Waals surface area (Å²) in [6, 6.07) is 8.52. The van der Waals surface area contributed by atoms with Crippen LogP contribution in [0.5, 0.6) is 0 Å². The third-order valence-corrected chi connectivity index (χ3v) is 5.77. The van der Waals surface area contributed by atoms with E-state index in [1.165, 1.54) is 15.6 Å². The molecule has 2 aromatic heterocycles. The third-order valence-electron chi connectivity index (χ3n) is 4.75. The van der Waals surface area contributed by atoms with E-state index in [1.54, 1.807) is 17.5 Å². The number of carbonyl (C=O) groups excluding carboxylic acids is 1. The predicted molar refractivity (Wildman–Crippen MR) is 96.1 cm³/mol. The zero-order valence-electron chi connectivity index (χ0n) is 13.4. The van der Waals surface area contributed by atoms with E-state index in [1.807, 2.05) is 4.68 Å². The molecule has 0 fully saturated rings. The monoisotopic (exact) mass is 340 g/mol. The van der Waals surface area contributed by atoms with Gasteiger partial charge in [-0.3, -0.25) is 9.48 Å². The maximum Gasteiger partial charge on any atom is 0.252 e. The van der Waals surface area contributed by atoms with E-state index in [4.69, 9.17) is 5.73 Å². The number of thiophene rings is 1. The van der Waals surface area contributed by atoms with Gasteiger partial charge in [-0.2, -0.15) is 5.10 Å². The first-order valence-corrected chi connectivity index (χ1v) is 9.10. The van der Waals surface area contributed by atoms with Gasteiger partial charge in [0.1, 0.15) is 0 Å². The first kappa shape index (κ1) is 15.4. The number of nitrogens with one attached hydrogen (secondary N) is 1. The van der Waals surface area contributed by atoms with Gasteiger partial charge in [0.05, 0.1) is 17.5 Å². The van der Waals surface area contributed by atoms with Gasteiger partial charge in [0.15, 0.2) is 0 Å². The lowest BCUT2D eigenvalue weighted by atomic mass is 9.94. The Hall–Kier alpha value is -2.18. The van der Waals surface area contributed by atoms with Crippen LogP contribution in [0.3, 0.4) is 0 Å². The number of hydrogen-bond donors (Lipinski definition) is 2. The molecule has 0 radical (unpaired) electrons. The van der Waals surface area contributed by atoms with Gasteiger partial charge in [-0.25, -0.2) is 0 Å². The number of carbonyl (C=O) groups is 1. The number of benzene rings is 1. The van der Waals surface area contributed by atoms with Crippen LogP contribution >= 0.6 is 11.3 Å². The van der Waals surface area contributed by atoms with E-state index in [-0.39, 0.29) is 5.91 Å². The standard InChI is InChI=1S/C18H20N4OS/c19-18(23)15-10-21-22-6-5-12(7-16(15)22)8-20-9-13-11-24-17-4-2-1-3-14(13)17/h1-4,10-12,20H,5-9H2,(H2,19,23)/t12-/m1/s1. The summed E-state index contributed by atoms with van der Waals surface area (Å²) >= 11 is 1.79. The Morgan fingerprint density at radius 1 is 1.42 bits per heavy atom. The summed E-state index contributed by atoms with van der Waals surface area (Å²) in [5, 5.41) is 11.4. The number of amides is 1. The Kier molecular flexibility index (Phi) is 4.08. The molecule has 6 heteroatoms. The molecule has 1 aliphatic heterocycles. The summed E-state index contributed by atoms with van der Waals surface area (Å²) in [5.41, 5.74) is 8.35. The number of primary amides is 1. The van der Waals surface area contributed by atoms with E-state index >= 15 is 0 Å². The second-order valence-electron chi connectivity index (χ2n) is 6.34. The minimum Gasteiger partial charge on any atom is -0.365 e. The molecule has 0 bridgehead atoms. The highest BCUT2D eigenvalue weighted by molar-refractivity contribution is 7.17. The van der Waals surface area contributed by atoms with Gasteiger partial charge in [-0.05, 0) is 47.7 Å². The van der Waals surface area contributed by atoms with Crippen molar-refractivity contribution in [3.8, 4) is 0 Å². The minimum atomic E-state index is -0.380. The molecule has 1 aliphatic rings. The van der Waals surface area contributed by atoms with Crippen molar-refractivity contribution in [3.63, 3.8) is 0 Å². The molecule has 0 saturated carbocycles. The summed E-state index contributed by atoms with van der Waals surface area (Å²) in [7, 11) is 0. The van der Waals surface area contributed by atoms with Crippen LogP contribution in [0.15, 0.2) is 35.8 Å². The SMILES string of the molecule is NC(=O)c1cnn2c1C[C@H](CNCc1csc3ccccc13)CC2. The second-order valence-corrected chi connectivity index (χ2v) is 7.25. The summed E-state index contributed by atoms with van der Waals surface area (Å²) < 4.78 is 3.25. The number of nitrogens with zero attached hydrogens (tertiary/aromatic N) is 2. The van der Waals surface area contributed by atoms with E-state index in [9.17, 15) is 4.79 Å². The molecule has 3 N–H and O–H groups in total. The summed E-state index contributed by atoms with van der Waals surface area (Å²) in [6.45, 7) is 2.67. The van der Waals surface area contributed by atoms with Gasteiger partial charge in [-0.1, -0.05) is 18.2 Å². The van der Waals surface area contributed by atoms with Gasteiger partial charge in [0.2, 0.25) is 0 Å². The topological polar surface area (TPSA) is 72.9 Å². The number of aromatic nitrogens is 2. The fourth-order valence-electron chi connectivity index (χ4n) is 3.46. The summed E-state index contributed by atoms with van der Waals surface area (Å²) in [5.74, 6) is 0.131. The summed E-state index contributed by atoms with van der Waals surface area (Å²) in [6.07, 6.45) is 3.53. The molecule has 1 amide bonds. The second kappa shape index (κ2) is 6.37. The van der Waals surface area contributed by atoms with Crippen LogP contribution in [0.4, 0.5) is 0 Å². The van der Waals surface area contributed by atoms with Gasteiger partial charge in [0.25, 0.3) is 5.91 Å². The smallest absolute Gasteiger partial charge is 0.252 e. The number of nitrogens with two attached hydrogens (primary N) is 1. The van der Waals surface area contributed by atoms with Gasteiger partial charge in [-0.15, -0.1) is 11.3 Å². The fraction of sp³-hybridized carbons (Fsp3) is 0.333. The average Bonchev–Trinajstić information content (AvgIpc) is 3.19. The van der Waals surface area contributed by atoms with E-state index in [0.29, 0.717) is 11.5 Å². The molecule has 1 atom stereocenters. The zero-order valence-corrected chi connectivity index (χ0v) is 14.2. The maximum absolute atomic E-state index is 11.5. The Morgan fingerprint density at radius 3 is 3.17 bits per heavy atom. The van der Waals surface area contributed by atoms with E-state index in [2.05, 4.69) is 40.1 Å². The Balaban J connectivity index is 1.38. The van der Waals surface area contributed by atoms with Crippen LogP contribution in [-0.2, 0) is 19.5 Å². The highest BCUT2D eigenvalue weighted by Crippen LogP contribution is 2.26. The number of fused-ring (bicyclic) bond motifs is 2. The molecular formula is C18H20N4OS. The van der Waals surface area contributed by atoms with Crippen molar-refractivity contribution in [1.82, 2.24) is 15.1 Å². The molecule has 0 aliphatic carbocycles. The van der Waals surface area contributed by atoms with Crippen LogP contribution < -0.4 is 11.1 Å². The molecular weight excluding hydrogens is 320 g/mol. The first-order valence-electron chi connectivity index (χ1n) is 8.22. The quantitative estimate of drug-likeness (QED) is 0.750. The van der Waals surface area contributed by atoms with E-state index < -0.39 is 0 Å². The molecule has 0 spiro atoms. The number of hydrogen-bond acceptors (Lipinski definition) is 4. The molecule has 24 heavy (non-hydrogen) atoms. The third kappa shape index (κ3) is 2.83. The predicted octanol–water partition coefficient (Wildman–Crippen LogP) is 2.55. The molecule has 4 rings (SSSR count). The maximum atomic E-state index is 11.5. The van der Waals surface area contributed by atoms with Crippen molar-refractivity contribution in [1.29, 1.82) is 0 Å². The van der Waals surface area contributed by atoms with Crippen LogP contribution in [0.25, 0.3) is 10.1 Å². The van der Waals surface area contributed by atoms with Crippen LogP contribution in [0.2, 0.25) is 0 Å². The fourth-order valence-corrected chi connectivity index (χ4v) is 4.42. The van der Waals surface area contributed by atoms with Crippen LogP contribution in [0, 0.1) is 5.92 Å². The van der Waals surface area contributed by atoms with Gasteiger partial charge in [0, 0.05) is 17.8 Å². The molecule has 124 valence electrons. The van der Waals surface area contributed by atoms with Gasteiger partial charge < -0.3 is 11.1 Å². The largest absolute Gasteiger partial charge is 0.365 e. The number of aryl methyl sites for hydroxylation is 1. The lowest BCUT2D eigenvalue weighted by Crippen LogP contribution is -2.30. The highest BCUT2D eigenvalue weighted by atomic mass is 32.1. The Labute approximate surface area is 144 Å². The minimum absolute atomic E-state index is 0.380. The van der Waals surface area contributed by atoms with Crippen molar-refractivity contribution >= 4 is 27.3 Å². The van der Waals surface area contributed by atoms with Gasteiger partial charge >= 0.3 is 0 Å². The lowest BCUT2D eigenvalue weighted by Gasteiger charge is -2.24. The molecule has 0 saturated heterocycles. The average molecular weight is 340 g/mol. The molecule has 0 unspecified atom stereocenters. The van der Waals surface area contributed by atoms with E-state index in [0.717, 1.165) is 38.2 Å². The van der Waals surface area contributed by atoms with Crippen molar-refractivity contribution in [3.05, 3.63) is 52.7 Å². The molecule has 1 aromatic carbocycles. The van der Waals surface area contributed by atoms with Crippen molar-refractivity contribution < 1.29 is 4.79 Å². The normalized spacial score (nSPS) is 17.1. The Morgan fingerprint density at radius 2 is 2.29 bits per heavy atom. The van der Waals surface area contributed by atoms with Crippen molar-refractivity contribution in [2.24, 2.45) is 11.7 Å². The molecule has 5 nitrogen and oxygen atoms in total. The lowest BCUT2D eigenvalue weighted by molar-refractivity contribution is 0.0998. The zero-order chi connectivity index (χ0) is 16.5. The molecule has 3 aromatic rings. The first-order chi connectivity index (χ1) is 11.7. The van der Waals surface area contributed by atoms with Crippen molar-refractivity contribution in [2.45, 2.75) is 25.9 Å². The summed E-state index contributed by atoms with van der Waals surface area (Å²) in [4.78, 5) is 11.5. The van der Waals surface area contributed by atoms with Crippen molar-refractivity contribution in [2.75, 3.05) is 6.54 Å². The molecule has 3 heterocycles. The number of rotatable bonds is 5. The highest BCUT2D eigenvalue weighted by Gasteiger charge is 2.24. The van der Waals surface area contributed by atoms with Crippen LogP contribution in [0.1, 0.15) is 28.0 Å². The van der Waals surface area contributed by atoms with Crippen LogP contribution in [-0.4, -0.2) is 22.2 Å². The Bertz CT molecular complexity index is 882.